The van der Waals surface area contributed by atoms with Crippen molar-refractivity contribution >= 4 is 11.8 Å². The number of nitrogen functional groups attached to an aromatic ring is 1. The molecule has 1 aromatic rings. The first kappa shape index (κ1) is 13.6. The minimum Gasteiger partial charge on any atom is -0.368 e. The van der Waals surface area contributed by atoms with Crippen LogP contribution in [-0.2, 0) is 0 Å². The third kappa shape index (κ3) is 4.14. The second kappa shape index (κ2) is 6.34. The number of rotatable bonds is 6. The predicted octanol–water partition coefficient (Wildman–Crippen LogP) is 0.976. The minimum atomic E-state index is -0.425. The van der Waals surface area contributed by atoms with E-state index >= 15 is 0 Å². The molecule has 96 valence electrons. The third-order valence-electron chi connectivity index (χ3n) is 2.46. The Morgan fingerprint density at radius 1 is 1.35 bits per heavy atom. The van der Waals surface area contributed by atoms with Crippen LogP contribution in [0, 0.1) is 5.82 Å². The lowest BCUT2D eigenvalue weighted by molar-refractivity contribution is 0.400. The van der Waals surface area contributed by atoms with Crippen LogP contribution in [0.15, 0.2) is 6.20 Å². The molecule has 5 nitrogen and oxygen atoms in total. The molecule has 0 aliphatic carbocycles. The van der Waals surface area contributed by atoms with Crippen LogP contribution in [0.5, 0.6) is 0 Å². The van der Waals surface area contributed by atoms with Gasteiger partial charge in [-0.15, -0.1) is 0 Å². The van der Waals surface area contributed by atoms with Gasteiger partial charge in [0, 0.05) is 13.1 Å². The molecule has 0 saturated heterocycles. The van der Waals surface area contributed by atoms with Crippen molar-refractivity contribution in [3.8, 4) is 0 Å². The van der Waals surface area contributed by atoms with Gasteiger partial charge in [-0.25, -0.2) is 9.37 Å². The Kier molecular flexibility index (Phi) is 5.09. The summed E-state index contributed by atoms with van der Waals surface area (Å²) in [6.45, 7) is 4.37. The zero-order valence-corrected chi connectivity index (χ0v) is 10.6. The minimum absolute atomic E-state index is 0.104. The van der Waals surface area contributed by atoms with Crippen LogP contribution in [-0.4, -0.2) is 48.6 Å². The summed E-state index contributed by atoms with van der Waals surface area (Å²) in [4.78, 5) is 11.5. The lowest BCUT2D eigenvalue weighted by Gasteiger charge is -2.23. The number of hydrogen-bond acceptors (Lipinski definition) is 5. The zero-order chi connectivity index (χ0) is 12.8. The molecule has 0 bridgehead atoms. The van der Waals surface area contributed by atoms with Gasteiger partial charge in [-0.05, 0) is 34.0 Å². The van der Waals surface area contributed by atoms with Gasteiger partial charge in [0.2, 0.25) is 5.95 Å². The molecule has 0 aliphatic heterocycles. The third-order valence-corrected chi connectivity index (χ3v) is 2.46. The Bertz CT molecular complexity index is 356. The summed E-state index contributed by atoms with van der Waals surface area (Å²) in [5, 5.41) is 0. The molecular formula is C11H20FN5. The van der Waals surface area contributed by atoms with E-state index in [4.69, 9.17) is 5.73 Å². The van der Waals surface area contributed by atoms with Crippen LogP contribution in [0.2, 0.25) is 0 Å². The molecule has 1 heterocycles. The smallest absolute Gasteiger partial charge is 0.222 e. The average Bonchev–Trinajstić information content (AvgIpc) is 2.28. The maximum atomic E-state index is 13.6. The summed E-state index contributed by atoms with van der Waals surface area (Å²) in [6, 6.07) is 0. The van der Waals surface area contributed by atoms with Crippen molar-refractivity contribution in [1.29, 1.82) is 0 Å². The van der Waals surface area contributed by atoms with Gasteiger partial charge in [0.25, 0.3) is 0 Å². The molecule has 0 aromatic carbocycles. The number of anilines is 2. The molecule has 0 spiro atoms. The summed E-state index contributed by atoms with van der Waals surface area (Å²) in [7, 11) is 4.03. The molecule has 2 N–H and O–H groups in total. The predicted molar refractivity (Wildman–Crippen MR) is 67.5 cm³/mol. The molecule has 1 rings (SSSR count). The van der Waals surface area contributed by atoms with Gasteiger partial charge in [-0.2, -0.15) is 4.98 Å². The SMILES string of the molecule is CCN(CCCN(C)C)c1nc(N)ncc1F. The number of nitrogens with zero attached hydrogens (tertiary/aromatic N) is 4. The van der Waals surface area contributed by atoms with Gasteiger partial charge in [0.05, 0.1) is 6.20 Å². The topological polar surface area (TPSA) is 58.3 Å². The Morgan fingerprint density at radius 2 is 2.06 bits per heavy atom. The van der Waals surface area contributed by atoms with Gasteiger partial charge >= 0.3 is 0 Å². The van der Waals surface area contributed by atoms with Gasteiger partial charge in [-0.1, -0.05) is 0 Å². The van der Waals surface area contributed by atoms with E-state index in [-0.39, 0.29) is 5.95 Å². The van der Waals surface area contributed by atoms with Crippen molar-refractivity contribution in [2.45, 2.75) is 13.3 Å². The molecule has 0 atom stereocenters. The first-order valence-electron chi connectivity index (χ1n) is 5.72. The summed E-state index contributed by atoms with van der Waals surface area (Å²) in [6.07, 6.45) is 2.07. The second-order valence-electron chi connectivity index (χ2n) is 4.14. The van der Waals surface area contributed by atoms with Gasteiger partial charge < -0.3 is 15.5 Å². The Labute approximate surface area is 101 Å². The first-order chi connectivity index (χ1) is 8.04. The maximum Gasteiger partial charge on any atom is 0.222 e. The van der Waals surface area contributed by atoms with E-state index in [1.807, 2.05) is 25.9 Å². The monoisotopic (exact) mass is 241 g/mol. The van der Waals surface area contributed by atoms with Crippen molar-refractivity contribution in [3.63, 3.8) is 0 Å². The summed E-state index contributed by atoms with van der Waals surface area (Å²) in [5.41, 5.74) is 5.47. The van der Waals surface area contributed by atoms with E-state index in [0.717, 1.165) is 25.7 Å². The highest BCUT2D eigenvalue weighted by molar-refractivity contribution is 5.42. The van der Waals surface area contributed by atoms with E-state index in [1.165, 1.54) is 0 Å². The van der Waals surface area contributed by atoms with Crippen LogP contribution >= 0.6 is 0 Å². The highest BCUT2D eigenvalue weighted by Gasteiger charge is 2.12. The highest BCUT2D eigenvalue weighted by Crippen LogP contribution is 2.16. The molecule has 0 aliphatic rings. The Morgan fingerprint density at radius 3 is 2.65 bits per heavy atom. The molecule has 0 unspecified atom stereocenters. The molecule has 1 aromatic heterocycles. The average molecular weight is 241 g/mol. The van der Waals surface area contributed by atoms with Crippen LogP contribution < -0.4 is 10.6 Å². The Balaban J connectivity index is 2.68. The fourth-order valence-electron chi connectivity index (χ4n) is 1.58. The number of nitrogens with two attached hydrogens (primary N) is 1. The van der Waals surface area contributed by atoms with Gasteiger partial charge in [-0.3, -0.25) is 0 Å². The highest BCUT2D eigenvalue weighted by atomic mass is 19.1. The van der Waals surface area contributed by atoms with Gasteiger partial charge in [0.15, 0.2) is 11.6 Å². The fraction of sp³-hybridized carbons (Fsp3) is 0.636. The summed E-state index contributed by atoms with van der Waals surface area (Å²) < 4.78 is 13.6. The molecule has 6 heteroatoms. The summed E-state index contributed by atoms with van der Waals surface area (Å²) >= 11 is 0. The summed E-state index contributed by atoms with van der Waals surface area (Å²) in [5.74, 6) is -0.0304. The van der Waals surface area contributed by atoms with E-state index in [9.17, 15) is 4.39 Å². The first-order valence-corrected chi connectivity index (χ1v) is 5.72. The van der Waals surface area contributed by atoms with Crippen molar-refractivity contribution in [1.82, 2.24) is 14.9 Å². The number of hydrogen-bond donors (Lipinski definition) is 1. The zero-order valence-electron chi connectivity index (χ0n) is 10.6. The van der Waals surface area contributed by atoms with Crippen molar-refractivity contribution in [3.05, 3.63) is 12.0 Å². The lowest BCUT2D eigenvalue weighted by atomic mass is 10.3. The van der Waals surface area contributed by atoms with Crippen molar-refractivity contribution < 1.29 is 4.39 Å². The van der Waals surface area contributed by atoms with Crippen LogP contribution in [0.25, 0.3) is 0 Å². The van der Waals surface area contributed by atoms with Crippen LogP contribution in [0.3, 0.4) is 0 Å². The van der Waals surface area contributed by atoms with Crippen LogP contribution in [0.4, 0.5) is 16.2 Å². The van der Waals surface area contributed by atoms with E-state index in [2.05, 4.69) is 14.9 Å². The van der Waals surface area contributed by atoms with Crippen molar-refractivity contribution in [2.75, 3.05) is 44.4 Å². The largest absolute Gasteiger partial charge is 0.368 e. The normalized spacial score (nSPS) is 10.9. The number of aromatic nitrogens is 2. The Hall–Kier alpha value is -1.43. The fourth-order valence-corrected chi connectivity index (χ4v) is 1.58. The quantitative estimate of drug-likeness (QED) is 0.804. The standard InChI is InChI=1S/C11H20FN5/c1-4-17(7-5-6-16(2)3)10-9(12)8-14-11(13)15-10/h8H,4-7H2,1-3H3,(H2,13,14,15). The van der Waals surface area contributed by atoms with Gasteiger partial charge in [0.1, 0.15) is 0 Å². The molecule has 17 heavy (non-hydrogen) atoms. The molecular weight excluding hydrogens is 221 g/mol. The molecule has 0 fully saturated rings. The second-order valence-corrected chi connectivity index (χ2v) is 4.14. The maximum absolute atomic E-state index is 13.6. The molecule has 0 radical (unpaired) electrons. The van der Waals surface area contributed by atoms with Crippen LogP contribution in [0.1, 0.15) is 13.3 Å². The van der Waals surface area contributed by atoms with E-state index < -0.39 is 5.82 Å². The van der Waals surface area contributed by atoms with Crippen molar-refractivity contribution in [2.24, 2.45) is 0 Å². The molecule has 0 amide bonds. The van der Waals surface area contributed by atoms with E-state index in [0.29, 0.717) is 12.4 Å². The molecule has 0 saturated carbocycles. The van der Waals surface area contributed by atoms with E-state index in [1.54, 1.807) is 0 Å². The number of halogens is 1. The lowest BCUT2D eigenvalue weighted by Crippen LogP contribution is -2.29.